The number of hydrogen-bond acceptors (Lipinski definition) is 2. The molecule has 0 aliphatic rings. The lowest BCUT2D eigenvalue weighted by molar-refractivity contribution is -0.127. The maximum atomic E-state index is 10.4. The molecule has 0 fully saturated rings. The van der Waals surface area contributed by atoms with Crippen molar-refractivity contribution in [2.45, 2.75) is 0 Å². The molecule has 0 aliphatic carbocycles. The van der Waals surface area contributed by atoms with Crippen LogP contribution in [0, 0.1) is 0 Å². The molecule has 0 saturated heterocycles. The van der Waals surface area contributed by atoms with Gasteiger partial charge in [-0.3, -0.25) is 4.79 Å². The number of aliphatic hydroxyl groups excluding tert-OH is 1. The summed E-state index contributed by atoms with van der Waals surface area (Å²) in [5, 5.41) is 8.41. The lowest BCUT2D eigenvalue weighted by Crippen LogP contribution is -2.22. The molecule has 4 heteroatoms. The molecular formula is C5H10ClNO2. The van der Waals surface area contributed by atoms with Crippen molar-refractivity contribution in [1.29, 1.82) is 0 Å². The number of amides is 1. The van der Waals surface area contributed by atoms with Crippen LogP contribution in [0.1, 0.15) is 0 Å². The molecule has 54 valence electrons. The molecule has 0 bridgehead atoms. The summed E-state index contributed by atoms with van der Waals surface area (Å²) in [6.07, 6.45) is 0. The number of carbonyl (C=O) groups excluding carboxylic acids is 1. The van der Waals surface area contributed by atoms with E-state index >= 15 is 0 Å². The topological polar surface area (TPSA) is 40.5 Å². The third-order valence-electron chi connectivity index (χ3n) is 0.653. The molecule has 0 aliphatic heterocycles. The molecule has 0 rings (SSSR count). The third-order valence-corrected chi connectivity index (χ3v) is 0.653. The summed E-state index contributed by atoms with van der Waals surface area (Å²) in [6, 6.07) is 0. The normalized spacial score (nSPS) is 7.33. The molecule has 9 heavy (non-hydrogen) atoms. The van der Waals surface area contributed by atoms with Crippen molar-refractivity contribution >= 4 is 18.3 Å². The molecule has 1 amide bonds. The van der Waals surface area contributed by atoms with Crippen LogP contribution in [0.4, 0.5) is 0 Å². The van der Waals surface area contributed by atoms with Crippen LogP contribution >= 0.6 is 12.4 Å². The Morgan fingerprint density at radius 3 is 1.89 bits per heavy atom. The Morgan fingerprint density at radius 1 is 1.56 bits per heavy atom. The van der Waals surface area contributed by atoms with Crippen molar-refractivity contribution in [3.8, 4) is 0 Å². The minimum absolute atomic E-state index is 0. The van der Waals surface area contributed by atoms with E-state index in [0.29, 0.717) is 0 Å². The summed E-state index contributed by atoms with van der Waals surface area (Å²) in [7, 11) is 3.09. The van der Waals surface area contributed by atoms with Gasteiger partial charge >= 0.3 is 0 Å². The lowest BCUT2D eigenvalue weighted by atomic mass is 10.5. The summed E-state index contributed by atoms with van der Waals surface area (Å²) in [6.45, 7) is 3.04. The fourth-order valence-corrected chi connectivity index (χ4v) is 0.258. The highest BCUT2D eigenvalue weighted by atomic mass is 35.5. The average Bonchev–Trinajstić information content (AvgIpc) is 1.64. The van der Waals surface area contributed by atoms with Crippen molar-refractivity contribution in [2.24, 2.45) is 0 Å². The van der Waals surface area contributed by atoms with E-state index in [2.05, 4.69) is 6.58 Å². The number of likely N-dealkylation sites (N-methyl/N-ethyl adjacent to an activating group) is 1. The predicted molar refractivity (Wildman–Crippen MR) is 37.7 cm³/mol. The molecule has 0 aromatic carbocycles. The Kier molecular flexibility index (Phi) is 5.21. The van der Waals surface area contributed by atoms with Gasteiger partial charge < -0.3 is 10.0 Å². The van der Waals surface area contributed by atoms with Gasteiger partial charge in [0.15, 0.2) is 5.76 Å². The Labute approximate surface area is 60.4 Å². The van der Waals surface area contributed by atoms with E-state index in [1.807, 2.05) is 0 Å². The number of carbonyl (C=O) groups is 1. The summed E-state index contributed by atoms with van der Waals surface area (Å²) < 4.78 is 0. The van der Waals surface area contributed by atoms with E-state index in [1.54, 1.807) is 14.1 Å². The van der Waals surface area contributed by atoms with Crippen molar-refractivity contribution in [1.82, 2.24) is 4.90 Å². The number of nitrogens with zero attached hydrogens (tertiary/aromatic N) is 1. The zero-order chi connectivity index (χ0) is 6.73. The van der Waals surface area contributed by atoms with Crippen molar-refractivity contribution in [3.63, 3.8) is 0 Å². The highest BCUT2D eigenvalue weighted by Gasteiger charge is 2.04. The highest BCUT2D eigenvalue weighted by molar-refractivity contribution is 5.89. The lowest BCUT2D eigenvalue weighted by Gasteiger charge is -2.06. The number of hydrogen-bond donors (Lipinski definition) is 1. The van der Waals surface area contributed by atoms with E-state index in [0.717, 1.165) is 0 Å². The molecule has 0 aromatic rings. The van der Waals surface area contributed by atoms with Gasteiger partial charge in [0.05, 0.1) is 0 Å². The fraction of sp³-hybridized carbons (Fsp3) is 0.400. The Bertz CT molecular complexity index is 122. The minimum Gasteiger partial charge on any atom is -0.503 e. The van der Waals surface area contributed by atoms with Gasteiger partial charge in [0.2, 0.25) is 0 Å². The first-order valence-corrected chi connectivity index (χ1v) is 2.15. The molecule has 0 heterocycles. The first kappa shape index (κ1) is 11.1. The quantitative estimate of drug-likeness (QED) is 0.440. The van der Waals surface area contributed by atoms with E-state index in [1.165, 1.54) is 4.90 Å². The van der Waals surface area contributed by atoms with Crippen molar-refractivity contribution in [3.05, 3.63) is 12.3 Å². The minimum atomic E-state index is -0.454. The summed E-state index contributed by atoms with van der Waals surface area (Å²) in [4.78, 5) is 11.7. The Morgan fingerprint density at radius 2 is 1.89 bits per heavy atom. The maximum absolute atomic E-state index is 10.4. The molecule has 1 N–H and O–H groups in total. The van der Waals surface area contributed by atoms with Gasteiger partial charge in [0, 0.05) is 14.1 Å². The second kappa shape index (κ2) is 4.21. The molecule has 0 radical (unpaired) electrons. The van der Waals surface area contributed by atoms with E-state index in [-0.39, 0.29) is 12.4 Å². The maximum Gasteiger partial charge on any atom is 0.287 e. The number of aliphatic hydroxyl groups is 1. The molecule has 0 unspecified atom stereocenters. The second-order valence-electron chi connectivity index (χ2n) is 1.65. The molecule has 0 atom stereocenters. The van der Waals surface area contributed by atoms with Crippen LogP contribution in [-0.4, -0.2) is 30.0 Å². The molecule has 0 aromatic heterocycles. The molecule has 3 nitrogen and oxygen atoms in total. The first-order chi connectivity index (χ1) is 3.55. The van der Waals surface area contributed by atoms with Crippen molar-refractivity contribution < 1.29 is 9.90 Å². The van der Waals surface area contributed by atoms with Crippen LogP contribution in [0.25, 0.3) is 0 Å². The van der Waals surface area contributed by atoms with Crippen molar-refractivity contribution in [2.75, 3.05) is 14.1 Å². The average molecular weight is 152 g/mol. The van der Waals surface area contributed by atoms with Gasteiger partial charge in [-0.05, 0) is 0 Å². The summed E-state index contributed by atoms with van der Waals surface area (Å²) in [5.41, 5.74) is 0. The van der Waals surface area contributed by atoms with Gasteiger partial charge in [-0.1, -0.05) is 6.58 Å². The zero-order valence-corrected chi connectivity index (χ0v) is 6.23. The second-order valence-corrected chi connectivity index (χ2v) is 1.65. The van der Waals surface area contributed by atoms with E-state index in [9.17, 15) is 4.79 Å². The Hall–Kier alpha value is -0.700. The zero-order valence-electron chi connectivity index (χ0n) is 5.42. The third kappa shape index (κ3) is 3.85. The largest absolute Gasteiger partial charge is 0.503 e. The predicted octanol–water partition coefficient (Wildman–Crippen LogP) is 0.568. The van der Waals surface area contributed by atoms with Crippen LogP contribution in [0.5, 0.6) is 0 Å². The molecule has 0 spiro atoms. The van der Waals surface area contributed by atoms with Gasteiger partial charge in [-0.2, -0.15) is 0 Å². The Balaban J connectivity index is 0. The van der Waals surface area contributed by atoms with Crippen LogP contribution in [0.3, 0.4) is 0 Å². The van der Waals surface area contributed by atoms with Gasteiger partial charge in [-0.15, -0.1) is 12.4 Å². The van der Waals surface area contributed by atoms with E-state index in [4.69, 9.17) is 5.11 Å². The first-order valence-electron chi connectivity index (χ1n) is 2.15. The van der Waals surface area contributed by atoms with Crippen LogP contribution in [-0.2, 0) is 4.79 Å². The van der Waals surface area contributed by atoms with Gasteiger partial charge in [-0.25, -0.2) is 0 Å². The summed E-state index contributed by atoms with van der Waals surface area (Å²) in [5.74, 6) is -0.875. The standard InChI is InChI=1S/C5H9NO2.ClH/c1-4(7)5(8)6(2)3;/h7H,1H2,2-3H3;1H. The van der Waals surface area contributed by atoms with E-state index < -0.39 is 11.7 Å². The highest BCUT2D eigenvalue weighted by Crippen LogP contribution is 1.86. The van der Waals surface area contributed by atoms with Crippen LogP contribution < -0.4 is 0 Å². The van der Waals surface area contributed by atoms with Crippen LogP contribution in [0.2, 0.25) is 0 Å². The fourth-order valence-electron chi connectivity index (χ4n) is 0.258. The number of rotatable bonds is 1. The smallest absolute Gasteiger partial charge is 0.287 e. The summed E-state index contributed by atoms with van der Waals surface area (Å²) >= 11 is 0. The number of halogens is 1. The van der Waals surface area contributed by atoms with Crippen LogP contribution in [0.15, 0.2) is 12.3 Å². The molecule has 0 saturated carbocycles. The monoisotopic (exact) mass is 151 g/mol. The SMILES string of the molecule is C=C(O)C(=O)N(C)C.Cl. The van der Waals surface area contributed by atoms with Gasteiger partial charge in [0.1, 0.15) is 0 Å². The molecular weight excluding hydrogens is 142 g/mol. The van der Waals surface area contributed by atoms with Gasteiger partial charge in [0.25, 0.3) is 5.91 Å².